The van der Waals surface area contributed by atoms with Crippen LogP contribution in [0.15, 0.2) is 78.9 Å². The number of benzene rings is 3. The number of carbonyl (C=O) groups is 1. The maximum atomic E-state index is 13.0. The van der Waals surface area contributed by atoms with Gasteiger partial charge >= 0.3 is 6.03 Å². The molecule has 0 saturated carbocycles. The topological polar surface area (TPSA) is 41.6 Å². The molecular formula is C24H24N2O2S. The second-order valence-corrected chi connectivity index (χ2v) is 8.03. The SMILES string of the molecule is CCc1ccccc1NC(=O)N1CCS[C@@H]1c1cccc(Oc2ccccc2)c1. The van der Waals surface area contributed by atoms with Crippen LogP contribution in [0.3, 0.4) is 0 Å². The van der Waals surface area contributed by atoms with Gasteiger partial charge in [0.2, 0.25) is 0 Å². The van der Waals surface area contributed by atoms with Gasteiger partial charge in [0.05, 0.1) is 0 Å². The fraction of sp³-hybridized carbons (Fsp3) is 0.208. The summed E-state index contributed by atoms with van der Waals surface area (Å²) < 4.78 is 5.97. The highest BCUT2D eigenvalue weighted by Gasteiger charge is 2.31. The van der Waals surface area contributed by atoms with Crippen LogP contribution in [-0.2, 0) is 6.42 Å². The minimum atomic E-state index is -0.0599. The molecular weight excluding hydrogens is 380 g/mol. The Morgan fingerprint density at radius 2 is 1.79 bits per heavy atom. The molecule has 0 spiro atoms. The fourth-order valence-electron chi connectivity index (χ4n) is 3.45. The van der Waals surface area contributed by atoms with E-state index in [1.165, 1.54) is 0 Å². The van der Waals surface area contributed by atoms with Crippen molar-refractivity contribution in [2.24, 2.45) is 0 Å². The van der Waals surface area contributed by atoms with Crippen LogP contribution in [0.4, 0.5) is 10.5 Å². The number of amides is 2. The molecule has 1 aliphatic heterocycles. The lowest BCUT2D eigenvalue weighted by atomic mass is 10.1. The first-order chi connectivity index (χ1) is 14.2. The van der Waals surface area contributed by atoms with Crippen molar-refractivity contribution in [2.45, 2.75) is 18.7 Å². The summed E-state index contributed by atoms with van der Waals surface area (Å²) in [5, 5.41) is 3.08. The first kappa shape index (κ1) is 19.4. The molecule has 4 rings (SSSR count). The van der Waals surface area contributed by atoms with E-state index in [9.17, 15) is 4.79 Å². The van der Waals surface area contributed by atoms with Crippen molar-refractivity contribution in [3.63, 3.8) is 0 Å². The third-order valence-corrected chi connectivity index (χ3v) is 6.17. The zero-order valence-electron chi connectivity index (χ0n) is 16.4. The zero-order valence-corrected chi connectivity index (χ0v) is 17.2. The first-order valence-electron chi connectivity index (χ1n) is 9.84. The molecule has 29 heavy (non-hydrogen) atoms. The van der Waals surface area contributed by atoms with Gasteiger partial charge in [-0.25, -0.2) is 4.79 Å². The number of thioether (sulfide) groups is 1. The van der Waals surface area contributed by atoms with E-state index in [-0.39, 0.29) is 11.4 Å². The average molecular weight is 405 g/mol. The summed E-state index contributed by atoms with van der Waals surface area (Å²) >= 11 is 1.78. The second-order valence-electron chi connectivity index (χ2n) is 6.85. The van der Waals surface area contributed by atoms with Crippen LogP contribution in [0.5, 0.6) is 11.5 Å². The van der Waals surface area contributed by atoms with E-state index >= 15 is 0 Å². The van der Waals surface area contributed by atoms with E-state index in [0.717, 1.165) is 47.0 Å². The summed E-state index contributed by atoms with van der Waals surface area (Å²) in [7, 11) is 0. The van der Waals surface area contributed by atoms with Crippen LogP contribution >= 0.6 is 11.8 Å². The molecule has 0 radical (unpaired) electrons. The van der Waals surface area contributed by atoms with Crippen molar-refractivity contribution >= 4 is 23.5 Å². The lowest BCUT2D eigenvalue weighted by molar-refractivity contribution is 0.214. The van der Waals surface area contributed by atoms with E-state index in [1.807, 2.05) is 71.6 Å². The van der Waals surface area contributed by atoms with Crippen molar-refractivity contribution in [3.05, 3.63) is 90.0 Å². The van der Waals surface area contributed by atoms with Gasteiger partial charge in [0, 0.05) is 18.0 Å². The van der Waals surface area contributed by atoms with Crippen molar-refractivity contribution in [1.29, 1.82) is 0 Å². The van der Waals surface area contributed by atoms with Gasteiger partial charge in [0.15, 0.2) is 0 Å². The molecule has 0 aromatic heterocycles. The van der Waals surface area contributed by atoms with Gasteiger partial charge in [-0.15, -0.1) is 11.8 Å². The lowest BCUT2D eigenvalue weighted by Crippen LogP contribution is -2.34. The van der Waals surface area contributed by atoms with Crippen LogP contribution in [0.2, 0.25) is 0 Å². The summed E-state index contributed by atoms with van der Waals surface area (Å²) in [5.74, 6) is 2.49. The van der Waals surface area contributed by atoms with Crippen molar-refractivity contribution in [2.75, 3.05) is 17.6 Å². The van der Waals surface area contributed by atoms with E-state index < -0.39 is 0 Å². The van der Waals surface area contributed by atoms with Gasteiger partial charge in [-0.2, -0.15) is 0 Å². The van der Waals surface area contributed by atoms with Crippen molar-refractivity contribution in [3.8, 4) is 11.5 Å². The van der Waals surface area contributed by atoms with Gasteiger partial charge in [-0.3, -0.25) is 0 Å². The molecule has 0 aliphatic carbocycles. The van der Waals surface area contributed by atoms with Crippen LogP contribution in [0, 0.1) is 0 Å². The van der Waals surface area contributed by atoms with Gasteiger partial charge < -0.3 is 15.0 Å². The summed E-state index contributed by atoms with van der Waals surface area (Å²) in [5.41, 5.74) is 3.10. The third kappa shape index (κ3) is 4.57. The molecule has 2 amide bonds. The van der Waals surface area contributed by atoms with Gasteiger partial charge in [0.25, 0.3) is 0 Å². The van der Waals surface area contributed by atoms with Crippen molar-refractivity contribution in [1.82, 2.24) is 4.90 Å². The molecule has 3 aromatic rings. The molecule has 1 fully saturated rings. The minimum Gasteiger partial charge on any atom is -0.457 e. The highest BCUT2D eigenvalue weighted by Crippen LogP contribution is 2.39. The Morgan fingerprint density at radius 3 is 2.62 bits per heavy atom. The lowest BCUT2D eigenvalue weighted by Gasteiger charge is -2.25. The molecule has 0 unspecified atom stereocenters. The van der Waals surface area contributed by atoms with Gasteiger partial charge in [-0.1, -0.05) is 55.5 Å². The third-order valence-electron chi connectivity index (χ3n) is 4.91. The molecule has 148 valence electrons. The Morgan fingerprint density at radius 1 is 1.03 bits per heavy atom. The molecule has 5 heteroatoms. The van der Waals surface area contributed by atoms with Crippen LogP contribution < -0.4 is 10.1 Å². The number of anilines is 1. The second kappa shape index (κ2) is 9.05. The number of para-hydroxylation sites is 2. The monoisotopic (exact) mass is 404 g/mol. The Hall–Kier alpha value is -2.92. The van der Waals surface area contributed by atoms with E-state index in [0.29, 0.717) is 0 Å². The predicted molar refractivity (Wildman–Crippen MR) is 120 cm³/mol. The zero-order chi connectivity index (χ0) is 20.1. The number of rotatable bonds is 5. The number of urea groups is 1. The van der Waals surface area contributed by atoms with Gasteiger partial charge in [0.1, 0.15) is 16.9 Å². The van der Waals surface area contributed by atoms with E-state index in [4.69, 9.17) is 4.74 Å². The Balaban J connectivity index is 1.51. The number of aryl methyl sites for hydroxylation is 1. The van der Waals surface area contributed by atoms with E-state index in [1.54, 1.807) is 11.8 Å². The highest BCUT2D eigenvalue weighted by molar-refractivity contribution is 7.99. The number of carbonyl (C=O) groups excluding carboxylic acids is 1. The standard InChI is InChI=1S/C24H24N2O2S/c1-2-18-9-6-7-14-22(18)25-24(27)26-15-16-29-23(26)19-10-8-13-21(17-19)28-20-11-4-3-5-12-20/h3-14,17,23H,2,15-16H2,1H3,(H,25,27)/t23-/m1/s1. The smallest absolute Gasteiger partial charge is 0.323 e. The number of hydrogen-bond acceptors (Lipinski definition) is 3. The molecule has 3 aromatic carbocycles. The molecule has 1 N–H and O–H groups in total. The maximum Gasteiger partial charge on any atom is 0.323 e. The molecule has 1 atom stereocenters. The molecule has 1 heterocycles. The van der Waals surface area contributed by atoms with Gasteiger partial charge in [-0.05, 0) is 47.9 Å². The number of nitrogens with zero attached hydrogens (tertiary/aromatic N) is 1. The van der Waals surface area contributed by atoms with Crippen molar-refractivity contribution < 1.29 is 9.53 Å². The minimum absolute atomic E-state index is 0.0249. The highest BCUT2D eigenvalue weighted by atomic mass is 32.2. The largest absolute Gasteiger partial charge is 0.457 e. The maximum absolute atomic E-state index is 13.0. The Labute approximate surface area is 175 Å². The Kier molecular flexibility index (Phi) is 6.06. The quantitative estimate of drug-likeness (QED) is 0.541. The fourth-order valence-corrected chi connectivity index (χ4v) is 4.69. The molecule has 4 nitrogen and oxygen atoms in total. The average Bonchev–Trinajstić information content (AvgIpc) is 3.25. The van der Waals surface area contributed by atoms with Crippen LogP contribution in [-0.4, -0.2) is 23.2 Å². The molecule has 0 bridgehead atoms. The van der Waals surface area contributed by atoms with Crippen LogP contribution in [0.25, 0.3) is 0 Å². The Bertz CT molecular complexity index is 977. The molecule has 1 aliphatic rings. The van der Waals surface area contributed by atoms with Crippen LogP contribution in [0.1, 0.15) is 23.4 Å². The summed E-state index contributed by atoms with van der Waals surface area (Å²) in [4.78, 5) is 14.9. The number of nitrogens with one attached hydrogen (secondary N) is 1. The predicted octanol–water partition coefficient (Wildman–Crippen LogP) is 6.32. The normalized spacial score (nSPS) is 15.9. The summed E-state index contributed by atoms with van der Waals surface area (Å²) in [6, 6.07) is 25.6. The first-order valence-corrected chi connectivity index (χ1v) is 10.9. The summed E-state index contributed by atoms with van der Waals surface area (Å²) in [6.45, 7) is 2.82. The number of ether oxygens (including phenoxy) is 1. The van der Waals surface area contributed by atoms with E-state index in [2.05, 4.69) is 24.4 Å². The number of hydrogen-bond donors (Lipinski definition) is 1. The molecule has 1 saturated heterocycles. The summed E-state index contributed by atoms with van der Waals surface area (Å²) in [6.07, 6.45) is 0.882.